The molecule has 14 rings (SSSR count). The molecule has 10 atom stereocenters. The lowest BCUT2D eigenvalue weighted by Gasteiger charge is -2.60. The number of benzene rings is 4. The van der Waals surface area contributed by atoms with E-state index in [2.05, 4.69) is 52.8 Å². The Kier molecular flexibility index (Phi) is 24.3. The molecule has 3 unspecified atom stereocenters. The van der Waals surface area contributed by atoms with E-state index in [1.54, 1.807) is 45.0 Å². The van der Waals surface area contributed by atoms with Crippen molar-refractivity contribution >= 4 is 81.8 Å². The number of ether oxygens (including phenoxy) is 10. The number of esters is 2. The number of aromatic nitrogens is 1. The van der Waals surface area contributed by atoms with Gasteiger partial charge in [-0.3, -0.25) is 53.6 Å². The van der Waals surface area contributed by atoms with Crippen LogP contribution in [0.3, 0.4) is 0 Å². The van der Waals surface area contributed by atoms with Gasteiger partial charge in [-0.1, -0.05) is 50.2 Å². The number of amides is 7. The van der Waals surface area contributed by atoms with Gasteiger partial charge in [0.2, 0.25) is 30.4 Å². The zero-order valence-corrected chi connectivity index (χ0v) is 62.3. The number of phenolic OH excluding ortho intramolecular Hbond substituents is 1. The molecule has 4 bridgehead atoms. The third kappa shape index (κ3) is 16.2. The van der Waals surface area contributed by atoms with Gasteiger partial charge in [-0.15, -0.1) is 11.8 Å². The number of nitriles is 1. The molecule has 0 aliphatic carbocycles. The molecule has 5 aromatic rings. The van der Waals surface area contributed by atoms with Crippen LogP contribution in [0, 0.1) is 31.1 Å². The number of fused-ring (bicyclic) bond motifs is 8. The summed E-state index contributed by atoms with van der Waals surface area (Å²) in [4.78, 5) is 127. The van der Waals surface area contributed by atoms with Gasteiger partial charge in [0.15, 0.2) is 28.5 Å². The Balaban J connectivity index is 0.627. The smallest absolute Gasteiger partial charge is 0.407 e. The van der Waals surface area contributed by atoms with E-state index in [4.69, 9.17) is 47.4 Å². The molecule has 0 saturated carbocycles. The number of phenols is 1. The number of aromatic amines is 1. The molecule has 2 fully saturated rings. The van der Waals surface area contributed by atoms with E-state index < -0.39 is 100 Å². The molecule has 576 valence electrons. The number of H-pyrrole nitrogens is 1. The molecule has 8 N–H and O–H groups in total. The minimum atomic E-state index is -1.62. The number of hydrogen-bond acceptors (Lipinski definition) is 25. The van der Waals surface area contributed by atoms with Crippen molar-refractivity contribution in [3.63, 3.8) is 0 Å². The van der Waals surface area contributed by atoms with Gasteiger partial charge < -0.3 is 84.0 Å². The number of rotatable bonds is 30. The topological polar surface area (TPSA) is 388 Å². The summed E-state index contributed by atoms with van der Waals surface area (Å²) in [5.41, 5.74) is 4.08. The molecule has 10 heterocycles. The average molecular weight is 1510 g/mol. The molecule has 1 aromatic heterocycles. The van der Waals surface area contributed by atoms with Crippen molar-refractivity contribution < 1.29 is 95.6 Å². The number of hydrogen-bond donors (Lipinski definition) is 8. The van der Waals surface area contributed by atoms with Crippen LogP contribution in [0.1, 0.15) is 108 Å². The number of aryl methyl sites for hydroxylation is 1. The van der Waals surface area contributed by atoms with Gasteiger partial charge in [-0.2, -0.15) is 5.26 Å². The van der Waals surface area contributed by atoms with Crippen molar-refractivity contribution in [2.45, 2.75) is 126 Å². The summed E-state index contributed by atoms with van der Waals surface area (Å²) < 4.78 is 59.1. The van der Waals surface area contributed by atoms with Crippen LogP contribution in [-0.2, 0) is 91.8 Å². The van der Waals surface area contributed by atoms with Gasteiger partial charge in [-0.25, -0.2) is 9.59 Å². The lowest BCUT2D eigenvalue weighted by atomic mass is 9.76. The number of aromatic hydroxyl groups is 1. The fourth-order valence-electron chi connectivity index (χ4n) is 15.6. The largest absolute Gasteiger partial charge is 0.504 e. The highest BCUT2D eigenvalue weighted by molar-refractivity contribution is 7.99. The number of methoxy groups -OCH3 is 1. The molecular weight excluding hydrogens is 1420 g/mol. The van der Waals surface area contributed by atoms with Crippen molar-refractivity contribution in [1.29, 1.82) is 5.26 Å². The third-order valence-corrected chi connectivity index (χ3v) is 22.0. The number of nitrogens with one attached hydrogen (secondary N) is 7. The van der Waals surface area contributed by atoms with Crippen molar-refractivity contribution in [2.75, 3.05) is 118 Å². The number of thioether (sulfide) groups is 1. The molecule has 31 nitrogen and oxygen atoms in total. The van der Waals surface area contributed by atoms with Crippen LogP contribution < -0.4 is 50.8 Å². The first-order chi connectivity index (χ1) is 52.0. The number of nitrogens with zero attached hydrogens (tertiary/aromatic N) is 4. The first-order valence-corrected chi connectivity index (χ1v) is 37.1. The number of para-hydroxylation sites is 1. The van der Waals surface area contributed by atoms with Gasteiger partial charge in [0.05, 0.1) is 89.1 Å². The summed E-state index contributed by atoms with van der Waals surface area (Å²) in [7, 11) is 3.45. The summed E-state index contributed by atoms with van der Waals surface area (Å²) in [5.74, 6) is -2.88. The zero-order chi connectivity index (χ0) is 76.7. The summed E-state index contributed by atoms with van der Waals surface area (Å²) in [6.45, 7) is 12.0. The molecule has 2 saturated heterocycles. The Bertz CT molecular complexity index is 4350. The molecule has 0 radical (unpaired) electrons. The third-order valence-electron chi connectivity index (χ3n) is 20.5. The van der Waals surface area contributed by atoms with E-state index in [1.807, 2.05) is 44.3 Å². The minimum Gasteiger partial charge on any atom is -0.504 e. The van der Waals surface area contributed by atoms with Gasteiger partial charge in [0.25, 0.3) is 11.8 Å². The van der Waals surface area contributed by atoms with Crippen LogP contribution in [0.2, 0.25) is 0 Å². The molecule has 7 amide bonds. The first-order valence-electron chi connectivity index (χ1n) is 36.1. The van der Waals surface area contributed by atoms with Crippen LogP contribution in [0.25, 0.3) is 10.9 Å². The van der Waals surface area contributed by atoms with E-state index in [1.165, 1.54) is 44.9 Å². The van der Waals surface area contributed by atoms with E-state index in [9.17, 15) is 48.7 Å². The van der Waals surface area contributed by atoms with Crippen LogP contribution in [-0.4, -0.2) is 220 Å². The molecular formula is C76H91N11O20S. The highest BCUT2D eigenvalue weighted by Crippen LogP contribution is 2.66. The molecule has 108 heavy (non-hydrogen) atoms. The minimum absolute atomic E-state index is 0.000291. The Labute approximate surface area is 627 Å². The molecule has 32 heteroatoms. The predicted octanol–water partition coefficient (Wildman–Crippen LogP) is 4.52. The van der Waals surface area contributed by atoms with Crippen LogP contribution >= 0.6 is 11.8 Å². The van der Waals surface area contributed by atoms with Gasteiger partial charge in [-0.05, 0) is 80.6 Å². The standard InChI is InChI=1S/C76H91N11O20S/c1-41(2)61(83-55(90)20-23-99-25-27-101-29-30-102-28-26-100-24-21-78-54(89)19-22-86-56(91)17-18-57(86)92)72(95)80-44(5)71(94)81-48-15-13-46(14-16-48)35-104-74(97)79-34-49-32-51-50-11-9-10-12-52(50)82-70(51)76(84-49)39-108-69-60-59(68-67(105-40-106-68)43(4)66(60)107-45(6)88)53(36-103-73(76)96)87-63(69)62-58-47(31-42(3)65(98-8)64(58)93)33-75(87,37-77)38-85(62)7/h9-18,31,41,44,49,53,61-63,69,82,84,93H,19-30,32-36,38-40H2,1-8H3,(H,78,89)(H,79,97)(H,80,95)(H,81,94)(H,83,90)/t44-,49+,53?,61-,62+,63+,69+,75?,76+/m0/s1. The Morgan fingerprint density at radius 3 is 2.20 bits per heavy atom. The number of imide groups is 1. The highest BCUT2D eigenvalue weighted by Gasteiger charge is 2.65. The number of anilines is 1. The fourth-order valence-corrected chi connectivity index (χ4v) is 17.3. The lowest BCUT2D eigenvalue weighted by molar-refractivity contribution is -0.158. The summed E-state index contributed by atoms with van der Waals surface area (Å²) in [6, 6.07) is 14.4. The van der Waals surface area contributed by atoms with Gasteiger partial charge in [0.1, 0.15) is 36.6 Å². The second-order valence-corrected chi connectivity index (χ2v) is 29.2. The van der Waals surface area contributed by atoms with E-state index in [-0.39, 0.29) is 121 Å². The number of carbonyl (C=O) groups excluding carboxylic acids is 9. The highest BCUT2D eigenvalue weighted by atomic mass is 32.2. The quantitative estimate of drug-likeness (QED) is 0.0135. The number of carbonyl (C=O) groups is 9. The average Bonchev–Trinajstić information content (AvgIpc) is 1.37. The van der Waals surface area contributed by atoms with Gasteiger partial charge >= 0.3 is 18.0 Å². The normalized spacial score (nSPS) is 22.8. The van der Waals surface area contributed by atoms with E-state index >= 15 is 4.79 Å². The Hall–Kier alpha value is -9.85. The van der Waals surface area contributed by atoms with E-state index in [0.717, 1.165) is 26.9 Å². The molecule has 9 aliphatic rings. The SMILES string of the molecule is COc1c(C)cc2c(c1O)[C@@H]1[C@@H]3[C@@H]4SC[C@]5(N[C@@H](CNC(=O)OCc6ccc(NC(=O)[C@H](C)NC(=O)[C@@H](NC(=O)CCOCCOCCOCCOCCNC(=O)CCN7C(=O)C=CC7=O)C(C)C)cc6)Cc6c5[nH]c5ccccc65)C(=O)OCC(c5c6c(c(C)c(OC(C)=O)c54)OCO6)N3C(C#N)(C2)CN1C. The number of likely N-dealkylation sites (N-methyl/N-ethyl adjacent to an activating group) is 1. The molecule has 4 aromatic carbocycles. The van der Waals surface area contributed by atoms with Crippen LogP contribution in [0.4, 0.5) is 10.5 Å². The van der Waals surface area contributed by atoms with Crippen molar-refractivity contribution in [2.24, 2.45) is 5.92 Å². The maximum absolute atomic E-state index is 15.8. The molecule has 9 aliphatic heterocycles. The number of piperazine rings is 1. The fraction of sp³-hybridized carbons (Fsp3) is 0.500. The Morgan fingerprint density at radius 2 is 1.51 bits per heavy atom. The monoisotopic (exact) mass is 1510 g/mol. The van der Waals surface area contributed by atoms with Crippen LogP contribution in [0.15, 0.2) is 66.7 Å². The second-order valence-electron chi connectivity index (χ2n) is 28.1. The van der Waals surface area contributed by atoms with Crippen LogP contribution in [0.5, 0.6) is 28.7 Å². The molecule has 1 spiro atoms. The zero-order valence-electron chi connectivity index (χ0n) is 61.5. The summed E-state index contributed by atoms with van der Waals surface area (Å²) in [6.07, 6.45) is 2.13. The first kappa shape index (κ1) is 77.8. The maximum atomic E-state index is 15.8. The summed E-state index contributed by atoms with van der Waals surface area (Å²) in [5, 5.41) is 41.8. The maximum Gasteiger partial charge on any atom is 0.407 e. The number of alkyl carbamates (subject to hydrolysis) is 1. The second kappa shape index (κ2) is 33.7. The van der Waals surface area contributed by atoms with Crippen molar-refractivity contribution in [3.8, 4) is 34.8 Å². The van der Waals surface area contributed by atoms with Gasteiger partial charge in [0, 0.05) is 121 Å². The lowest BCUT2D eigenvalue weighted by Crippen LogP contribution is -2.70. The van der Waals surface area contributed by atoms with E-state index in [0.29, 0.717) is 94.9 Å². The summed E-state index contributed by atoms with van der Waals surface area (Å²) >= 11 is 1.42. The van der Waals surface area contributed by atoms with Crippen molar-refractivity contribution in [3.05, 3.63) is 117 Å². The van der Waals surface area contributed by atoms with Crippen molar-refractivity contribution in [1.82, 2.24) is 46.3 Å². The predicted molar refractivity (Wildman–Crippen MR) is 390 cm³/mol. The Morgan fingerprint density at radius 1 is 0.815 bits per heavy atom.